The minimum Gasteiger partial charge on any atom is -0.353 e. The van der Waals surface area contributed by atoms with Gasteiger partial charge >= 0.3 is 0 Å². The number of imide groups is 1. The average Bonchev–Trinajstić information content (AvgIpc) is 2.93. The third kappa shape index (κ3) is 3.14. The second-order valence-corrected chi connectivity index (χ2v) is 6.63. The lowest BCUT2D eigenvalue weighted by atomic mass is 10.1. The first-order valence-corrected chi connectivity index (χ1v) is 8.81. The summed E-state index contributed by atoms with van der Waals surface area (Å²) in [6, 6.07) is 8.56. The maximum Gasteiger partial charge on any atom is 0.262 e. The number of carbonyl (C=O) groups is 3. The van der Waals surface area contributed by atoms with Gasteiger partial charge in [-0.1, -0.05) is 12.1 Å². The Labute approximate surface area is 156 Å². The first-order chi connectivity index (χ1) is 13.0. The maximum atomic E-state index is 12.6. The smallest absolute Gasteiger partial charge is 0.262 e. The predicted octanol–water partition coefficient (Wildman–Crippen LogP) is 0.730. The standard InChI is InChI=1S/C19H19N5O3/c1-13-10-16(21-12-20-13)22-6-8-23(9-7-22)17(25)11-24-18(26)14-4-2-3-5-15(14)19(24)27/h2-5,10,12H,6-9,11H2,1H3. The van der Waals surface area contributed by atoms with E-state index in [0.29, 0.717) is 37.3 Å². The number of aryl methyl sites for hydroxylation is 1. The minimum atomic E-state index is -0.404. The lowest BCUT2D eigenvalue weighted by Crippen LogP contribution is -2.52. The van der Waals surface area contributed by atoms with Crippen LogP contribution in [0.25, 0.3) is 0 Å². The number of amides is 3. The zero-order valence-electron chi connectivity index (χ0n) is 15.0. The van der Waals surface area contributed by atoms with Crippen LogP contribution in [0.15, 0.2) is 36.7 Å². The first-order valence-electron chi connectivity index (χ1n) is 8.81. The summed E-state index contributed by atoms with van der Waals surface area (Å²) >= 11 is 0. The molecule has 8 nitrogen and oxygen atoms in total. The number of carbonyl (C=O) groups excluding carboxylic acids is 3. The third-order valence-electron chi connectivity index (χ3n) is 4.92. The molecule has 0 bridgehead atoms. The van der Waals surface area contributed by atoms with E-state index >= 15 is 0 Å². The van der Waals surface area contributed by atoms with Gasteiger partial charge in [0.2, 0.25) is 5.91 Å². The number of hydrogen-bond acceptors (Lipinski definition) is 6. The van der Waals surface area contributed by atoms with E-state index < -0.39 is 11.8 Å². The van der Waals surface area contributed by atoms with Crippen LogP contribution in [-0.2, 0) is 4.79 Å². The van der Waals surface area contributed by atoms with Crippen molar-refractivity contribution in [2.45, 2.75) is 6.92 Å². The van der Waals surface area contributed by atoms with Gasteiger partial charge in [0, 0.05) is 37.9 Å². The van der Waals surface area contributed by atoms with Gasteiger partial charge in [-0.2, -0.15) is 0 Å². The molecule has 3 amide bonds. The van der Waals surface area contributed by atoms with Gasteiger partial charge in [0.15, 0.2) is 0 Å². The highest BCUT2D eigenvalue weighted by Crippen LogP contribution is 2.22. The fraction of sp³-hybridized carbons (Fsp3) is 0.316. The van der Waals surface area contributed by atoms with Crippen LogP contribution in [0.2, 0.25) is 0 Å². The molecule has 27 heavy (non-hydrogen) atoms. The van der Waals surface area contributed by atoms with Gasteiger partial charge in [-0.25, -0.2) is 9.97 Å². The quantitative estimate of drug-likeness (QED) is 0.746. The van der Waals surface area contributed by atoms with Gasteiger partial charge in [-0.3, -0.25) is 19.3 Å². The maximum absolute atomic E-state index is 12.6. The second-order valence-electron chi connectivity index (χ2n) is 6.63. The molecule has 1 aromatic carbocycles. The van der Waals surface area contributed by atoms with E-state index in [4.69, 9.17) is 0 Å². The average molecular weight is 365 g/mol. The summed E-state index contributed by atoms with van der Waals surface area (Å²) in [5, 5.41) is 0. The van der Waals surface area contributed by atoms with Crippen LogP contribution in [0.3, 0.4) is 0 Å². The molecular formula is C19H19N5O3. The lowest BCUT2D eigenvalue weighted by Gasteiger charge is -2.35. The van der Waals surface area contributed by atoms with Crippen LogP contribution in [-0.4, -0.2) is 70.2 Å². The largest absolute Gasteiger partial charge is 0.353 e. The minimum absolute atomic E-state index is 0.219. The highest BCUT2D eigenvalue weighted by molar-refractivity contribution is 6.22. The molecule has 0 atom stereocenters. The number of aromatic nitrogens is 2. The Balaban J connectivity index is 1.38. The molecule has 0 N–H and O–H groups in total. The van der Waals surface area contributed by atoms with Crippen molar-refractivity contribution in [3.8, 4) is 0 Å². The van der Waals surface area contributed by atoms with E-state index in [2.05, 4.69) is 14.9 Å². The summed E-state index contributed by atoms with van der Waals surface area (Å²) in [5.74, 6) is -0.184. The van der Waals surface area contributed by atoms with E-state index in [9.17, 15) is 14.4 Å². The molecule has 138 valence electrons. The van der Waals surface area contributed by atoms with Crippen molar-refractivity contribution >= 4 is 23.5 Å². The molecule has 1 saturated heterocycles. The molecule has 0 saturated carbocycles. The van der Waals surface area contributed by atoms with Crippen molar-refractivity contribution in [3.63, 3.8) is 0 Å². The van der Waals surface area contributed by atoms with Crippen LogP contribution in [0.5, 0.6) is 0 Å². The normalized spacial score (nSPS) is 16.7. The van der Waals surface area contributed by atoms with Crippen LogP contribution in [0.1, 0.15) is 26.4 Å². The van der Waals surface area contributed by atoms with E-state index in [1.807, 2.05) is 13.0 Å². The Morgan fingerprint density at radius 2 is 1.63 bits per heavy atom. The van der Waals surface area contributed by atoms with Gasteiger partial charge in [-0.05, 0) is 19.1 Å². The van der Waals surface area contributed by atoms with Crippen LogP contribution >= 0.6 is 0 Å². The molecule has 0 unspecified atom stereocenters. The number of fused-ring (bicyclic) bond motifs is 1. The van der Waals surface area contributed by atoms with E-state index in [-0.39, 0.29) is 12.5 Å². The number of anilines is 1. The molecule has 2 aliphatic rings. The molecule has 8 heteroatoms. The molecule has 0 aliphatic carbocycles. The van der Waals surface area contributed by atoms with Gasteiger partial charge in [0.05, 0.1) is 11.1 Å². The topological polar surface area (TPSA) is 86.7 Å². The zero-order valence-corrected chi connectivity index (χ0v) is 15.0. The van der Waals surface area contributed by atoms with Crippen molar-refractivity contribution in [2.24, 2.45) is 0 Å². The first kappa shape index (κ1) is 17.1. The Kier molecular flexibility index (Phi) is 4.31. The third-order valence-corrected chi connectivity index (χ3v) is 4.92. The van der Waals surface area contributed by atoms with Crippen molar-refractivity contribution < 1.29 is 14.4 Å². The Hall–Kier alpha value is -3.29. The zero-order chi connectivity index (χ0) is 19.0. The number of benzene rings is 1. The van der Waals surface area contributed by atoms with Gasteiger partial charge in [0.25, 0.3) is 11.8 Å². The van der Waals surface area contributed by atoms with Crippen molar-refractivity contribution in [1.82, 2.24) is 19.8 Å². The van der Waals surface area contributed by atoms with E-state index in [0.717, 1.165) is 16.4 Å². The summed E-state index contributed by atoms with van der Waals surface area (Å²) in [6.07, 6.45) is 1.53. The molecule has 3 heterocycles. The fourth-order valence-corrected chi connectivity index (χ4v) is 3.42. The SMILES string of the molecule is Cc1cc(N2CCN(C(=O)CN3C(=O)c4ccccc4C3=O)CC2)ncn1. The van der Waals surface area contributed by atoms with E-state index in [1.165, 1.54) is 6.33 Å². The summed E-state index contributed by atoms with van der Waals surface area (Å²) < 4.78 is 0. The predicted molar refractivity (Wildman–Crippen MR) is 97.4 cm³/mol. The Morgan fingerprint density at radius 1 is 1.00 bits per heavy atom. The fourth-order valence-electron chi connectivity index (χ4n) is 3.42. The second kappa shape index (κ2) is 6.79. The molecule has 4 rings (SSSR count). The van der Waals surface area contributed by atoms with Crippen molar-refractivity contribution in [3.05, 3.63) is 53.5 Å². The Morgan fingerprint density at radius 3 is 2.22 bits per heavy atom. The summed E-state index contributed by atoms with van der Waals surface area (Å²) in [6.45, 7) is 4.01. The van der Waals surface area contributed by atoms with Gasteiger partial charge in [0.1, 0.15) is 18.7 Å². The summed E-state index contributed by atoms with van der Waals surface area (Å²) in [4.78, 5) is 50.6. The number of piperazine rings is 1. The Bertz CT molecular complexity index is 886. The molecule has 2 aliphatic heterocycles. The van der Waals surface area contributed by atoms with E-state index in [1.54, 1.807) is 29.2 Å². The van der Waals surface area contributed by atoms with Crippen LogP contribution in [0, 0.1) is 6.92 Å². The highest BCUT2D eigenvalue weighted by atomic mass is 16.2. The summed E-state index contributed by atoms with van der Waals surface area (Å²) in [5.41, 5.74) is 1.61. The van der Waals surface area contributed by atoms with Gasteiger partial charge < -0.3 is 9.80 Å². The summed E-state index contributed by atoms with van der Waals surface area (Å²) in [7, 11) is 0. The molecule has 0 radical (unpaired) electrons. The molecule has 0 spiro atoms. The molecular weight excluding hydrogens is 346 g/mol. The lowest BCUT2D eigenvalue weighted by molar-refractivity contribution is -0.131. The van der Waals surface area contributed by atoms with Crippen LogP contribution in [0.4, 0.5) is 5.82 Å². The number of hydrogen-bond donors (Lipinski definition) is 0. The number of rotatable bonds is 3. The van der Waals surface area contributed by atoms with Crippen LogP contribution < -0.4 is 4.90 Å². The molecule has 1 aromatic heterocycles. The molecule has 2 aromatic rings. The number of nitrogens with zero attached hydrogens (tertiary/aromatic N) is 5. The van der Waals surface area contributed by atoms with Crippen molar-refractivity contribution in [1.29, 1.82) is 0 Å². The van der Waals surface area contributed by atoms with Crippen molar-refractivity contribution in [2.75, 3.05) is 37.6 Å². The monoisotopic (exact) mass is 365 g/mol. The highest BCUT2D eigenvalue weighted by Gasteiger charge is 2.37. The van der Waals surface area contributed by atoms with Gasteiger partial charge in [-0.15, -0.1) is 0 Å². The molecule has 1 fully saturated rings.